The lowest BCUT2D eigenvalue weighted by Gasteiger charge is -2.02. The summed E-state index contributed by atoms with van der Waals surface area (Å²) < 4.78 is 13.2. The molecule has 2 aromatic carbocycles. The molecular weight excluding hydrogens is 444 g/mol. The Morgan fingerprint density at radius 1 is 0.943 bits per heavy atom. The van der Waals surface area contributed by atoms with Crippen LogP contribution in [0.25, 0.3) is 11.3 Å². The Balaban J connectivity index is 1.36. The summed E-state index contributed by atoms with van der Waals surface area (Å²) in [4.78, 5) is 29.1. The predicted molar refractivity (Wildman–Crippen MR) is 129 cm³/mol. The number of nitrogens with one attached hydrogen (secondary N) is 1. The van der Waals surface area contributed by atoms with Crippen LogP contribution >= 0.6 is 0 Å². The fourth-order valence-corrected chi connectivity index (χ4v) is 3.67. The van der Waals surface area contributed by atoms with Crippen LogP contribution in [-0.4, -0.2) is 26.5 Å². The third-order valence-electron chi connectivity index (χ3n) is 5.34. The summed E-state index contributed by atoms with van der Waals surface area (Å²) in [5, 5.41) is 7.11. The van der Waals surface area contributed by atoms with Gasteiger partial charge in [0.2, 0.25) is 0 Å². The normalized spacial score (nSPS) is 10.9. The topological polar surface area (TPSA) is 103 Å². The van der Waals surface area contributed by atoms with Gasteiger partial charge >= 0.3 is 0 Å². The number of benzene rings is 2. The number of furan rings is 1. The van der Waals surface area contributed by atoms with Gasteiger partial charge in [0.25, 0.3) is 5.91 Å². The molecule has 8 heteroatoms. The molecular formula is C27H22N4O4. The Kier molecular flexibility index (Phi) is 6.09. The van der Waals surface area contributed by atoms with Crippen molar-refractivity contribution in [2.45, 2.75) is 19.9 Å². The highest BCUT2D eigenvalue weighted by Crippen LogP contribution is 2.27. The third kappa shape index (κ3) is 5.11. The van der Waals surface area contributed by atoms with Gasteiger partial charge < -0.3 is 14.2 Å². The van der Waals surface area contributed by atoms with Gasteiger partial charge in [0.05, 0.1) is 18.4 Å². The smallest absolute Gasteiger partial charge is 0.278 e. The lowest BCUT2D eigenvalue weighted by atomic mass is 10.1. The lowest BCUT2D eigenvalue weighted by Crippen LogP contribution is -2.13. The van der Waals surface area contributed by atoms with Gasteiger partial charge in [0.15, 0.2) is 28.9 Å². The number of carbonyl (C=O) groups is 2. The van der Waals surface area contributed by atoms with Crippen LogP contribution in [0.5, 0.6) is 0 Å². The Labute approximate surface area is 201 Å². The molecule has 1 N–H and O–H groups in total. The summed E-state index contributed by atoms with van der Waals surface area (Å²) >= 11 is 0. The Hall–Kier alpha value is -4.72. The number of anilines is 1. The van der Waals surface area contributed by atoms with Crippen LogP contribution in [0.1, 0.15) is 45.2 Å². The molecule has 3 heterocycles. The number of rotatable bonds is 8. The van der Waals surface area contributed by atoms with E-state index < -0.39 is 5.91 Å². The maximum atomic E-state index is 13.2. The van der Waals surface area contributed by atoms with Crippen LogP contribution in [0.15, 0.2) is 94.0 Å². The van der Waals surface area contributed by atoms with Gasteiger partial charge in [-0.25, -0.2) is 4.98 Å². The van der Waals surface area contributed by atoms with E-state index in [-0.39, 0.29) is 11.5 Å². The number of Topliss-reactive ketones (excluding diaryl/α,β-unsaturated/α-hetero) is 1. The first-order chi connectivity index (χ1) is 17.0. The first kappa shape index (κ1) is 22.1. The summed E-state index contributed by atoms with van der Waals surface area (Å²) in [6, 6.07) is 22.6. The molecule has 174 valence electrons. The zero-order chi connectivity index (χ0) is 24.2. The average molecular weight is 466 g/mol. The van der Waals surface area contributed by atoms with Crippen molar-refractivity contribution in [1.29, 1.82) is 0 Å². The van der Waals surface area contributed by atoms with E-state index in [1.54, 1.807) is 29.2 Å². The van der Waals surface area contributed by atoms with Crippen molar-refractivity contribution in [3.05, 3.63) is 114 Å². The van der Waals surface area contributed by atoms with Gasteiger partial charge in [-0.1, -0.05) is 60.7 Å². The molecule has 0 fully saturated rings. The molecule has 1 amide bonds. The molecule has 0 unspecified atom stereocenters. The highest BCUT2D eigenvalue weighted by molar-refractivity contribution is 6.06. The summed E-state index contributed by atoms with van der Waals surface area (Å²) in [5.74, 6) is 1.21. The second-order valence-electron chi connectivity index (χ2n) is 8.02. The van der Waals surface area contributed by atoms with E-state index in [9.17, 15) is 9.59 Å². The SMILES string of the molecule is CC(=O)c1ccc(Cn2cc(NC(=O)c3nc(Cc4ccccc4)oc3-c3ccccc3)cn2)o1. The van der Waals surface area contributed by atoms with E-state index in [1.165, 1.54) is 6.92 Å². The van der Waals surface area contributed by atoms with Crippen LogP contribution in [0, 0.1) is 0 Å². The number of amides is 1. The number of oxazole rings is 1. The number of hydrogen-bond acceptors (Lipinski definition) is 6. The lowest BCUT2D eigenvalue weighted by molar-refractivity contribution is 0.0983. The van der Waals surface area contributed by atoms with E-state index in [4.69, 9.17) is 8.83 Å². The second-order valence-corrected chi connectivity index (χ2v) is 8.02. The van der Waals surface area contributed by atoms with Gasteiger partial charge in [-0.15, -0.1) is 0 Å². The molecule has 3 aromatic heterocycles. The fourth-order valence-electron chi connectivity index (χ4n) is 3.67. The second kappa shape index (κ2) is 9.64. The zero-order valence-electron chi connectivity index (χ0n) is 19.0. The molecule has 0 aliphatic rings. The Morgan fingerprint density at radius 2 is 1.69 bits per heavy atom. The molecule has 0 saturated heterocycles. The molecule has 0 aliphatic heterocycles. The minimum absolute atomic E-state index is 0.141. The van der Waals surface area contributed by atoms with Gasteiger partial charge in [-0.2, -0.15) is 5.10 Å². The summed E-state index contributed by atoms with van der Waals surface area (Å²) in [6.45, 7) is 1.77. The van der Waals surface area contributed by atoms with E-state index >= 15 is 0 Å². The largest absolute Gasteiger partial charge is 0.456 e. The summed E-state index contributed by atoms with van der Waals surface area (Å²) in [5.41, 5.74) is 2.50. The molecule has 5 rings (SSSR count). The molecule has 0 spiro atoms. The van der Waals surface area contributed by atoms with Crippen molar-refractivity contribution in [3.63, 3.8) is 0 Å². The zero-order valence-corrected chi connectivity index (χ0v) is 19.0. The van der Waals surface area contributed by atoms with Gasteiger partial charge in [0.1, 0.15) is 5.76 Å². The predicted octanol–water partition coefficient (Wildman–Crippen LogP) is 5.23. The van der Waals surface area contributed by atoms with Crippen LogP contribution in [0.4, 0.5) is 5.69 Å². The Morgan fingerprint density at radius 3 is 2.40 bits per heavy atom. The van der Waals surface area contributed by atoms with Gasteiger partial charge in [0, 0.05) is 25.1 Å². The standard InChI is InChI=1S/C27H22N4O4/c1-18(32)23-13-12-22(34-23)17-31-16-21(15-28-31)29-27(33)25-26(20-10-6-3-7-11-20)35-24(30-25)14-19-8-4-2-5-9-19/h2-13,15-16H,14,17H2,1H3,(H,29,33). The minimum Gasteiger partial charge on any atom is -0.456 e. The van der Waals surface area contributed by atoms with Crippen molar-refractivity contribution in [1.82, 2.24) is 14.8 Å². The van der Waals surface area contributed by atoms with Gasteiger partial charge in [-0.05, 0) is 17.7 Å². The van der Waals surface area contributed by atoms with Crippen molar-refractivity contribution in [2.24, 2.45) is 0 Å². The highest BCUT2D eigenvalue weighted by Gasteiger charge is 2.22. The molecule has 0 bridgehead atoms. The number of nitrogens with zero attached hydrogens (tertiary/aromatic N) is 3. The molecule has 0 saturated carbocycles. The van der Waals surface area contributed by atoms with Crippen molar-refractivity contribution < 1.29 is 18.4 Å². The summed E-state index contributed by atoms with van der Waals surface area (Å²) in [7, 11) is 0. The van der Waals surface area contributed by atoms with Crippen LogP contribution < -0.4 is 5.32 Å². The molecule has 5 aromatic rings. The fraction of sp³-hybridized carbons (Fsp3) is 0.111. The summed E-state index contributed by atoms with van der Waals surface area (Å²) in [6.07, 6.45) is 3.69. The van der Waals surface area contributed by atoms with Crippen LogP contribution in [-0.2, 0) is 13.0 Å². The monoisotopic (exact) mass is 466 g/mol. The highest BCUT2D eigenvalue weighted by atomic mass is 16.4. The number of aromatic nitrogens is 3. The molecule has 0 aliphatic carbocycles. The number of ketones is 1. The first-order valence-corrected chi connectivity index (χ1v) is 11.1. The Bertz CT molecular complexity index is 1470. The van der Waals surface area contributed by atoms with Gasteiger partial charge in [-0.3, -0.25) is 14.3 Å². The van der Waals surface area contributed by atoms with E-state index in [2.05, 4.69) is 15.4 Å². The first-order valence-electron chi connectivity index (χ1n) is 11.1. The van der Waals surface area contributed by atoms with E-state index in [0.717, 1.165) is 11.1 Å². The van der Waals surface area contributed by atoms with Crippen molar-refractivity contribution >= 4 is 17.4 Å². The minimum atomic E-state index is -0.400. The third-order valence-corrected chi connectivity index (χ3v) is 5.34. The molecule has 0 radical (unpaired) electrons. The molecule has 8 nitrogen and oxygen atoms in total. The van der Waals surface area contributed by atoms with E-state index in [0.29, 0.717) is 41.8 Å². The van der Waals surface area contributed by atoms with Crippen molar-refractivity contribution in [3.8, 4) is 11.3 Å². The maximum Gasteiger partial charge on any atom is 0.278 e. The van der Waals surface area contributed by atoms with Crippen LogP contribution in [0.2, 0.25) is 0 Å². The number of hydrogen-bond donors (Lipinski definition) is 1. The van der Waals surface area contributed by atoms with Crippen LogP contribution in [0.3, 0.4) is 0 Å². The molecule has 35 heavy (non-hydrogen) atoms. The maximum absolute atomic E-state index is 13.2. The quantitative estimate of drug-likeness (QED) is 0.314. The molecule has 0 atom stereocenters. The van der Waals surface area contributed by atoms with E-state index in [1.807, 2.05) is 60.7 Å². The average Bonchev–Trinajstić information content (AvgIpc) is 3.61. The van der Waals surface area contributed by atoms with Crippen molar-refractivity contribution in [2.75, 3.05) is 5.32 Å². The number of carbonyl (C=O) groups excluding carboxylic acids is 2.